The fourth-order valence-electron chi connectivity index (χ4n) is 2.82. The lowest BCUT2D eigenvalue weighted by Crippen LogP contribution is -2.34. The first kappa shape index (κ1) is 13.5. The summed E-state index contributed by atoms with van der Waals surface area (Å²) in [5.41, 5.74) is 2.51. The first-order valence-electron chi connectivity index (χ1n) is 6.91. The smallest absolute Gasteiger partial charge is 0.240 e. The van der Waals surface area contributed by atoms with Crippen molar-refractivity contribution < 1.29 is 5.11 Å². The van der Waals surface area contributed by atoms with E-state index in [2.05, 4.69) is 20.7 Å². The molecule has 3 rings (SSSR count). The largest absolute Gasteiger partial charge is 0.396 e. The predicted molar refractivity (Wildman–Crippen MR) is 81.7 cm³/mol. The van der Waals surface area contributed by atoms with Crippen LogP contribution < -0.4 is 16.6 Å². The summed E-state index contributed by atoms with van der Waals surface area (Å²) < 4.78 is 0. The Morgan fingerprint density at radius 3 is 3.00 bits per heavy atom. The maximum absolute atomic E-state index is 9.51. The van der Waals surface area contributed by atoms with Gasteiger partial charge in [0, 0.05) is 18.6 Å². The van der Waals surface area contributed by atoms with Crippen LogP contribution in [0.4, 0.5) is 11.8 Å². The van der Waals surface area contributed by atoms with Gasteiger partial charge in [-0.3, -0.25) is 5.43 Å². The second-order valence-corrected chi connectivity index (χ2v) is 6.05. The zero-order valence-corrected chi connectivity index (χ0v) is 12.0. The molecule has 5 N–H and O–H groups in total. The minimum atomic E-state index is 0.220. The van der Waals surface area contributed by atoms with E-state index in [1.807, 2.05) is 11.4 Å². The van der Waals surface area contributed by atoms with Crippen LogP contribution in [0.1, 0.15) is 25.7 Å². The third-order valence-electron chi connectivity index (χ3n) is 3.92. The molecule has 1 aliphatic rings. The van der Waals surface area contributed by atoms with Gasteiger partial charge in [0.15, 0.2) is 0 Å². The number of nitrogens with zero attached hydrogens (tertiary/aromatic N) is 2. The second-order valence-electron chi connectivity index (χ2n) is 5.16. The molecule has 0 radical (unpaired) electrons. The van der Waals surface area contributed by atoms with Crippen molar-refractivity contribution >= 4 is 33.3 Å². The molecule has 1 fully saturated rings. The van der Waals surface area contributed by atoms with Gasteiger partial charge in [0.2, 0.25) is 5.95 Å². The third-order valence-corrected chi connectivity index (χ3v) is 4.73. The molecule has 0 saturated heterocycles. The van der Waals surface area contributed by atoms with E-state index in [1.165, 1.54) is 12.8 Å². The van der Waals surface area contributed by atoms with Gasteiger partial charge in [-0.15, -0.1) is 11.3 Å². The quantitative estimate of drug-likeness (QED) is 0.508. The molecule has 108 valence electrons. The number of aromatic nitrogens is 2. The van der Waals surface area contributed by atoms with Crippen LogP contribution in [-0.2, 0) is 0 Å². The first-order chi connectivity index (χ1) is 9.81. The van der Waals surface area contributed by atoms with Gasteiger partial charge in [0.1, 0.15) is 10.6 Å². The van der Waals surface area contributed by atoms with E-state index >= 15 is 0 Å². The number of aliphatic hydroxyl groups is 1. The van der Waals surface area contributed by atoms with Crippen molar-refractivity contribution in [2.24, 2.45) is 11.8 Å². The number of nitrogens with one attached hydrogen (secondary N) is 2. The minimum absolute atomic E-state index is 0.220. The number of hydrogen-bond donors (Lipinski definition) is 4. The topological polar surface area (TPSA) is 96.1 Å². The average Bonchev–Trinajstić information content (AvgIpc) is 2.96. The highest BCUT2D eigenvalue weighted by molar-refractivity contribution is 7.16. The molecule has 1 aliphatic carbocycles. The maximum Gasteiger partial charge on any atom is 0.240 e. The van der Waals surface area contributed by atoms with E-state index in [0.29, 0.717) is 11.9 Å². The molecule has 0 aliphatic heterocycles. The number of thiophene rings is 1. The fraction of sp³-hybridized carbons (Fsp3) is 0.538. The summed E-state index contributed by atoms with van der Waals surface area (Å²) in [5, 5.41) is 16.0. The fourth-order valence-corrected chi connectivity index (χ4v) is 3.59. The summed E-state index contributed by atoms with van der Waals surface area (Å²) in [6.45, 7) is 0.220. The van der Waals surface area contributed by atoms with Gasteiger partial charge in [-0.2, -0.15) is 4.98 Å². The SMILES string of the molecule is NNc1nc(NC2CCCCC2CO)c2ccsc2n1. The molecule has 0 bridgehead atoms. The van der Waals surface area contributed by atoms with Crippen LogP contribution in [-0.4, -0.2) is 27.7 Å². The van der Waals surface area contributed by atoms with Gasteiger partial charge < -0.3 is 10.4 Å². The van der Waals surface area contributed by atoms with E-state index in [1.54, 1.807) is 11.3 Å². The van der Waals surface area contributed by atoms with Crippen LogP contribution >= 0.6 is 11.3 Å². The molecule has 2 unspecified atom stereocenters. The van der Waals surface area contributed by atoms with Gasteiger partial charge in [-0.25, -0.2) is 10.8 Å². The van der Waals surface area contributed by atoms with Crippen LogP contribution in [0.3, 0.4) is 0 Å². The van der Waals surface area contributed by atoms with Crippen LogP contribution in [0.25, 0.3) is 10.2 Å². The molecular formula is C13H19N5OS. The Morgan fingerprint density at radius 2 is 2.20 bits per heavy atom. The summed E-state index contributed by atoms with van der Waals surface area (Å²) >= 11 is 1.56. The van der Waals surface area contributed by atoms with E-state index in [-0.39, 0.29) is 12.6 Å². The van der Waals surface area contributed by atoms with E-state index in [9.17, 15) is 5.11 Å². The maximum atomic E-state index is 9.51. The number of anilines is 2. The van der Waals surface area contributed by atoms with Crippen LogP contribution in [0, 0.1) is 5.92 Å². The van der Waals surface area contributed by atoms with Gasteiger partial charge in [0.25, 0.3) is 0 Å². The van der Waals surface area contributed by atoms with Crippen LogP contribution in [0.5, 0.6) is 0 Å². The Bertz CT molecular complexity index is 587. The summed E-state index contributed by atoms with van der Waals surface area (Å²) in [4.78, 5) is 9.66. The summed E-state index contributed by atoms with van der Waals surface area (Å²) in [6.07, 6.45) is 4.50. The number of aliphatic hydroxyl groups excluding tert-OH is 1. The molecule has 6 nitrogen and oxygen atoms in total. The molecule has 7 heteroatoms. The Balaban J connectivity index is 1.90. The van der Waals surface area contributed by atoms with E-state index < -0.39 is 0 Å². The van der Waals surface area contributed by atoms with Crippen molar-refractivity contribution in [3.8, 4) is 0 Å². The molecule has 1 saturated carbocycles. The molecule has 2 heterocycles. The molecule has 2 aromatic rings. The van der Waals surface area contributed by atoms with Crippen molar-refractivity contribution in [3.05, 3.63) is 11.4 Å². The highest BCUT2D eigenvalue weighted by atomic mass is 32.1. The first-order valence-corrected chi connectivity index (χ1v) is 7.79. The van der Waals surface area contributed by atoms with Gasteiger partial charge in [0.05, 0.1) is 5.39 Å². The number of nitrogen functional groups attached to an aromatic ring is 1. The van der Waals surface area contributed by atoms with Crippen LogP contribution in [0.15, 0.2) is 11.4 Å². The minimum Gasteiger partial charge on any atom is -0.396 e. The molecule has 0 spiro atoms. The van der Waals surface area contributed by atoms with E-state index in [4.69, 9.17) is 5.84 Å². The van der Waals surface area contributed by atoms with E-state index in [0.717, 1.165) is 28.9 Å². The van der Waals surface area contributed by atoms with Gasteiger partial charge in [-0.1, -0.05) is 12.8 Å². The molecule has 20 heavy (non-hydrogen) atoms. The average molecular weight is 293 g/mol. The monoisotopic (exact) mass is 293 g/mol. The summed E-state index contributed by atoms with van der Waals surface area (Å²) in [7, 11) is 0. The lowest BCUT2D eigenvalue weighted by Gasteiger charge is -2.31. The highest BCUT2D eigenvalue weighted by Gasteiger charge is 2.25. The van der Waals surface area contributed by atoms with Crippen molar-refractivity contribution in [3.63, 3.8) is 0 Å². The van der Waals surface area contributed by atoms with Crippen molar-refractivity contribution in [2.45, 2.75) is 31.7 Å². The molecule has 0 aromatic carbocycles. The van der Waals surface area contributed by atoms with Crippen molar-refractivity contribution in [2.75, 3.05) is 17.3 Å². The molecular weight excluding hydrogens is 274 g/mol. The van der Waals surface area contributed by atoms with Gasteiger partial charge >= 0.3 is 0 Å². The predicted octanol–water partition coefficient (Wildman–Crippen LogP) is 1.94. The van der Waals surface area contributed by atoms with Crippen molar-refractivity contribution in [1.82, 2.24) is 9.97 Å². The lowest BCUT2D eigenvalue weighted by molar-refractivity contribution is 0.178. The Morgan fingerprint density at radius 1 is 1.35 bits per heavy atom. The Labute approximate surface area is 121 Å². The molecule has 0 amide bonds. The Hall–Kier alpha value is -1.44. The molecule has 2 aromatic heterocycles. The number of rotatable bonds is 4. The van der Waals surface area contributed by atoms with Crippen molar-refractivity contribution in [1.29, 1.82) is 0 Å². The Kier molecular flexibility index (Phi) is 4.00. The number of hydrazine groups is 1. The third kappa shape index (κ3) is 2.56. The zero-order valence-electron chi connectivity index (χ0n) is 11.2. The second kappa shape index (κ2) is 5.90. The lowest BCUT2D eigenvalue weighted by atomic mass is 9.85. The number of hydrogen-bond acceptors (Lipinski definition) is 7. The summed E-state index contributed by atoms with van der Waals surface area (Å²) in [5.74, 6) is 6.94. The molecule has 2 atom stereocenters. The highest BCUT2D eigenvalue weighted by Crippen LogP contribution is 2.31. The standard InChI is InChI=1S/C13H19N5OS/c14-18-13-16-11(9-5-6-20-12(9)17-13)15-10-4-2-1-3-8(10)7-19/h5-6,8,10,19H,1-4,7,14H2,(H2,15,16,17,18). The number of nitrogens with two attached hydrogens (primary N) is 1. The zero-order chi connectivity index (χ0) is 13.9. The normalized spacial score (nSPS) is 22.9. The van der Waals surface area contributed by atoms with Crippen LogP contribution in [0.2, 0.25) is 0 Å². The number of fused-ring (bicyclic) bond motifs is 1. The summed E-state index contributed by atoms with van der Waals surface area (Å²) in [6, 6.07) is 2.27. The van der Waals surface area contributed by atoms with Gasteiger partial charge in [-0.05, 0) is 24.3 Å².